The summed E-state index contributed by atoms with van der Waals surface area (Å²) in [6.45, 7) is 9.38. The Balaban J connectivity index is 1.70. The van der Waals surface area contributed by atoms with Crippen molar-refractivity contribution < 1.29 is 4.79 Å². The fraction of sp³-hybridized carbons (Fsp3) is 0.864. The third kappa shape index (κ3) is 2.07. The maximum atomic E-state index is 12.2. The van der Waals surface area contributed by atoms with Gasteiger partial charge in [-0.2, -0.15) is 0 Å². The molecule has 0 saturated heterocycles. The number of allylic oxidation sites excluding steroid dienone is 2. The van der Waals surface area contributed by atoms with Gasteiger partial charge in [0.15, 0.2) is 0 Å². The van der Waals surface area contributed by atoms with Crippen LogP contribution in [0.2, 0.25) is 0 Å². The number of ketones is 1. The van der Waals surface area contributed by atoms with E-state index in [9.17, 15) is 4.79 Å². The molecule has 0 aliphatic heterocycles. The molecule has 0 radical (unpaired) electrons. The lowest BCUT2D eigenvalue weighted by atomic mass is 9.45. The Morgan fingerprint density at radius 1 is 1.13 bits per heavy atom. The standard InChI is InChI=1S/C22H34O/c1-14-13-16-19-9-8-18(15(2)23)22(19,4)12-10-20(16)21(3)11-6-5-7-17(14)21/h7,14,16,18-20H,5-6,8-13H2,1-4H3/t14?,16-,18?,19-,20-,21-,22+/m0/s1. The summed E-state index contributed by atoms with van der Waals surface area (Å²) in [5.74, 6) is 4.13. The molecule has 7 atom stereocenters. The molecule has 0 aromatic carbocycles. The smallest absolute Gasteiger partial charge is 0.133 e. The topological polar surface area (TPSA) is 17.1 Å². The predicted octanol–water partition coefficient (Wildman–Crippen LogP) is 5.79. The second-order valence-corrected chi connectivity index (χ2v) is 9.77. The lowest BCUT2D eigenvalue weighted by Gasteiger charge is -2.59. The number of hydrogen-bond donors (Lipinski definition) is 0. The summed E-state index contributed by atoms with van der Waals surface area (Å²) in [4.78, 5) is 12.2. The third-order valence-corrected chi connectivity index (χ3v) is 8.83. The molecule has 23 heavy (non-hydrogen) atoms. The highest BCUT2D eigenvalue weighted by molar-refractivity contribution is 5.79. The van der Waals surface area contributed by atoms with Crippen molar-refractivity contribution in [3.05, 3.63) is 11.6 Å². The van der Waals surface area contributed by atoms with Gasteiger partial charge >= 0.3 is 0 Å². The van der Waals surface area contributed by atoms with E-state index in [1.807, 2.05) is 6.92 Å². The van der Waals surface area contributed by atoms with Gasteiger partial charge in [0.1, 0.15) is 5.78 Å². The number of hydrogen-bond acceptors (Lipinski definition) is 1. The van der Waals surface area contributed by atoms with E-state index in [1.54, 1.807) is 5.57 Å². The highest BCUT2D eigenvalue weighted by atomic mass is 16.1. The lowest BCUT2D eigenvalue weighted by Crippen LogP contribution is -2.52. The minimum absolute atomic E-state index is 0.305. The molecule has 0 N–H and O–H groups in total. The van der Waals surface area contributed by atoms with Crippen molar-refractivity contribution in [1.29, 1.82) is 0 Å². The van der Waals surface area contributed by atoms with Crippen molar-refractivity contribution in [2.45, 2.75) is 79.1 Å². The van der Waals surface area contributed by atoms with E-state index in [2.05, 4.69) is 26.8 Å². The van der Waals surface area contributed by atoms with Crippen molar-refractivity contribution in [2.75, 3.05) is 0 Å². The first kappa shape index (κ1) is 15.9. The van der Waals surface area contributed by atoms with Crippen molar-refractivity contribution in [3.8, 4) is 0 Å². The Kier molecular flexibility index (Phi) is 3.60. The average Bonchev–Trinajstić information content (AvgIpc) is 2.85. The summed E-state index contributed by atoms with van der Waals surface area (Å²) < 4.78 is 0. The molecule has 0 heterocycles. The fourth-order valence-electron chi connectivity index (χ4n) is 7.88. The molecule has 1 heteroatoms. The van der Waals surface area contributed by atoms with Gasteiger partial charge in [-0.25, -0.2) is 0 Å². The first-order valence-electron chi connectivity index (χ1n) is 10.1. The molecule has 0 aromatic rings. The monoisotopic (exact) mass is 314 g/mol. The van der Waals surface area contributed by atoms with Crippen molar-refractivity contribution in [1.82, 2.24) is 0 Å². The zero-order valence-electron chi connectivity index (χ0n) is 15.5. The minimum Gasteiger partial charge on any atom is -0.300 e. The van der Waals surface area contributed by atoms with E-state index >= 15 is 0 Å². The van der Waals surface area contributed by atoms with Crippen molar-refractivity contribution >= 4 is 5.78 Å². The van der Waals surface area contributed by atoms with Crippen LogP contribution in [-0.4, -0.2) is 5.78 Å². The van der Waals surface area contributed by atoms with Crippen LogP contribution in [0.15, 0.2) is 11.6 Å². The van der Waals surface area contributed by atoms with E-state index in [4.69, 9.17) is 0 Å². The zero-order valence-corrected chi connectivity index (χ0v) is 15.5. The van der Waals surface area contributed by atoms with Gasteiger partial charge in [-0.15, -0.1) is 0 Å². The van der Waals surface area contributed by atoms with Crippen LogP contribution in [0.4, 0.5) is 0 Å². The first-order chi connectivity index (χ1) is 10.9. The molecular formula is C22H34O. The van der Waals surface area contributed by atoms with Crippen LogP contribution in [0.1, 0.15) is 79.1 Å². The van der Waals surface area contributed by atoms with E-state index < -0.39 is 0 Å². The SMILES string of the molecule is CC(=O)C1CC[C@H]2[C@@H]3CC(C)C4=CCCC[C@]4(C)[C@H]3CC[C@]12C. The summed E-state index contributed by atoms with van der Waals surface area (Å²) in [6, 6.07) is 0. The van der Waals surface area contributed by atoms with E-state index in [1.165, 1.54) is 44.9 Å². The molecule has 0 spiro atoms. The van der Waals surface area contributed by atoms with Crippen LogP contribution in [0.3, 0.4) is 0 Å². The third-order valence-electron chi connectivity index (χ3n) is 8.83. The molecule has 3 saturated carbocycles. The van der Waals surface area contributed by atoms with Gasteiger partial charge in [-0.05, 0) is 92.8 Å². The molecule has 0 bridgehead atoms. The quantitative estimate of drug-likeness (QED) is 0.560. The predicted molar refractivity (Wildman–Crippen MR) is 95.0 cm³/mol. The van der Waals surface area contributed by atoms with E-state index in [0.29, 0.717) is 22.5 Å². The molecule has 0 amide bonds. The van der Waals surface area contributed by atoms with Crippen LogP contribution in [0.5, 0.6) is 0 Å². The van der Waals surface area contributed by atoms with E-state index in [0.717, 1.165) is 30.1 Å². The Labute approximate surface area is 142 Å². The van der Waals surface area contributed by atoms with Gasteiger partial charge in [0.05, 0.1) is 0 Å². The Hall–Kier alpha value is -0.590. The zero-order chi connectivity index (χ0) is 16.4. The number of carbonyl (C=O) groups excluding carboxylic acids is 1. The Morgan fingerprint density at radius 2 is 1.91 bits per heavy atom. The van der Waals surface area contributed by atoms with Gasteiger partial charge in [-0.1, -0.05) is 32.4 Å². The van der Waals surface area contributed by atoms with Crippen LogP contribution >= 0.6 is 0 Å². The summed E-state index contributed by atoms with van der Waals surface area (Å²) in [7, 11) is 0. The maximum Gasteiger partial charge on any atom is 0.133 e. The molecule has 0 aromatic heterocycles. The van der Waals surface area contributed by atoms with Gasteiger partial charge in [0.25, 0.3) is 0 Å². The minimum atomic E-state index is 0.305. The second kappa shape index (κ2) is 5.20. The fourth-order valence-corrected chi connectivity index (χ4v) is 7.88. The highest BCUT2D eigenvalue weighted by Crippen LogP contribution is 2.67. The first-order valence-corrected chi connectivity index (χ1v) is 10.1. The van der Waals surface area contributed by atoms with Gasteiger partial charge in [0, 0.05) is 5.92 Å². The van der Waals surface area contributed by atoms with Crippen LogP contribution < -0.4 is 0 Å². The molecule has 4 rings (SSSR count). The highest BCUT2D eigenvalue weighted by Gasteiger charge is 2.60. The number of carbonyl (C=O) groups is 1. The van der Waals surface area contributed by atoms with Crippen LogP contribution in [-0.2, 0) is 4.79 Å². The summed E-state index contributed by atoms with van der Waals surface area (Å²) in [5.41, 5.74) is 2.57. The molecule has 4 aliphatic carbocycles. The van der Waals surface area contributed by atoms with E-state index in [-0.39, 0.29) is 0 Å². The molecule has 4 aliphatic rings. The largest absolute Gasteiger partial charge is 0.300 e. The second-order valence-electron chi connectivity index (χ2n) is 9.77. The summed E-state index contributed by atoms with van der Waals surface area (Å²) >= 11 is 0. The average molecular weight is 315 g/mol. The molecule has 1 nitrogen and oxygen atoms in total. The molecule has 128 valence electrons. The Bertz CT molecular complexity index is 546. The van der Waals surface area contributed by atoms with Crippen LogP contribution in [0.25, 0.3) is 0 Å². The summed E-state index contributed by atoms with van der Waals surface area (Å²) in [5, 5.41) is 0. The van der Waals surface area contributed by atoms with Gasteiger partial charge in [-0.3, -0.25) is 4.79 Å². The molecule has 2 unspecified atom stereocenters. The molecular weight excluding hydrogens is 280 g/mol. The molecule has 3 fully saturated rings. The maximum absolute atomic E-state index is 12.2. The van der Waals surface area contributed by atoms with Gasteiger partial charge < -0.3 is 0 Å². The van der Waals surface area contributed by atoms with Gasteiger partial charge in [0.2, 0.25) is 0 Å². The van der Waals surface area contributed by atoms with Crippen molar-refractivity contribution in [2.24, 2.45) is 40.4 Å². The van der Waals surface area contributed by atoms with Crippen LogP contribution in [0, 0.1) is 40.4 Å². The Morgan fingerprint density at radius 3 is 2.65 bits per heavy atom. The lowest BCUT2D eigenvalue weighted by molar-refractivity contribution is -0.128. The summed E-state index contributed by atoms with van der Waals surface area (Å²) in [6.07, 6.45) is 13.2. The number of rotatable bonds is 1. The number of fused-ring (bicyclic) bond motifs is 5. The van der Waals surface area contributed by atoms with Crippen molar-refractivity contribution in [3.63, 3.8) is 0 Å². The normalized spacial score (nSPS) is 52.2. The number of Topliss-reactive ketones (excluding diaryl/α,β-unsaturated/α-hetero) is 1.